The minimum atomic E-state index is 0.0691. The van der Waals surface area contributed by atoms with Gasteiger partial charge in [0.2, 0.25) is 0 Å². The van der Waals surface area contributed by atoms with Crippen molar-refractivity contribution in [2.45, 2.75) is 44.6 Å². The standard InChI is InChI=1S/C16H20N2OS2/c1-18(13-6-4-2-3-5-7-13)16(19)14-11-21-15(17-14)12-8-9-20-10-12/h8-11,13H,2-7H2,1H3. The van der Waals surface area contributed by atoms with Crippen molar-refractivity contribution in [1.82, 2.24) is 9.88 Å². The normalized spacial score (nSPS) is 16.6. The van der Waals surface area contributed by atoms with Crippen LogP contribution in [0.2, 0.25) is 0 Å². The molecule has 0 atom stereocenters. The minimum Gasteiger partial charge on any atom is -0.337 e. The maximum Gasteiger partial charge on any atom is 0.273 e. The van der Waals surface area contributed by atoms with Crippen LogP contribution < -0.4 is 0 Å². The second-order valence-electron chi connectivity index (χ2n) is 5.61. The molecule has 112 valence electrons. The van der Waals surface area contributed by atoms with E-state index in [9.17, 15) is 4.79 Å². The molecule has 1 saturated carbocycles. The van der Waals surface area contributed by atoms with Crippen LogP contribution >= 0.6 is 22.7 Å². The third-order valence-corrected chi connectivity index (χ3v) is 5.76. The molecule has 0 N–H and O–H groups in total. The second-order valence-corrected chi connectivity index (χ2v) is 7.25. The molecular weight excluding hydrogens is 300 g/mol. The van der Waals surface area contributed by atoms with Crippen LogP contribution in [0.1, 0.15) is 49.0 Å². The molecule has 0 aromatic carbocycles. The molecule has 1 amide bonds. The van der Waals surface area contributed by atoms with Crippen LogP contribution in [-0.4, -0.2) is 28.9 Å². The van der Waals surface area contributed by atoms with Crippen LogP contribution in [-0.2, 0) is 0 Å². The van der Waals surface area contributed by atoms with Gasteiger partial charge in [0.25, 0.3) is 5.91 Å². The average molecular weight is 320 g/mol. The van der Waals surface area contributed by atoms with Crippen molar-refractivity contribution in [2.75, 3.05) is 7.05 Å². The molecule has 0 unspecified atom stereocenters. The number of amides is 1. The Morgan fingerprint density at radius 2 is 2.00 bits per heavy atom. The zero-order valence-electron chi connectivity index (χ0n) is 12.2. The molecule has 1 aliphatic rings. The molecule has 0 aliphatic heterocycles. The van der Waals surface area contributed by atoms with Gasteiger partial charge in [-0.05, 0) is 24.3 Å². The molecule has 3 nitrogen and oxygen atoms in total. The van der Waals surface area contributed by atoms with Gasteiger partial charge >= 0.3 is 0 Å². The molecule has 3 rings (SSSR count). The summed E-state index contributed by atoms with van der Waals surface area (Å²) in [5.41, 5.74) is 1.70. The third-order valence-electron chi connectivity index (χ3n) is 4.18. The molecule has 0 saturated heterocycles. The predicted octanol–water partition coefficient (Wildman–Crippen LogP) is 4.67. The summed E-state index contributed by atoms with van der Waals surface area (Å²) in [6, 6.07) is 2.43. The van der Waals surface area contributed by atoms with E-state index >= 15 is 0 Å². The van der Waals surface area contributed by atoms with Gasteiger partial charge < -0.3 is 4.90 Å². The lowest BCUT2D eigenvalue weighted by molar-refractivity contribution is 0.0712. The number of aromatic nitrogens is 1. The first kappa shape index (κ1) is 14.7. The van der Waals surface area contributed by atoms with Gasteiger partial charge in [-0.25, -0.2) is 4.98 Å². The molecule has 21 heavy (non-hydrogen) atoms. The molecule has 0 bridgehead atoms. The van der Waals surface area contributed by atoms with E-state index in [0.29, 0.717) is 11.7 Å². The SMILES string of the molecule is CN(C(=O)c1csc(-c2ccsc2)n1)C1CCCCCC1. The first-order valence-corrected chi connectivity index (χ1v) is 9.33. The molecule has 2 aromatic heterocycles. The highest BCUT2D eigenvalue weighted by Gasteiger charge is 2.24. The summed E-state index contributed by atoms with van der Waals surface area (Å²) in [7, 11) is 1.93. The van der Waals surface area contributed by atoms with E-state index < -0.39 is 0 Å². The van der Waals surface area contributed by atoms with Gasteiger partial charge in [-0.1, -0.05) is 25.7 Å². The van der Waals surface area contributed by atoms with E-state index in [0.717, 1.165) is 23.4 Å². The van der Waals surface area contributed by atoms with Gasteiger partial charge in [-0.3, -0.25) is 4.79 Å². The lowest BCUT2D eigenvalue weighted by atomic mass is 10.1. The fourth-order valence-electron chi connectivity index (χ4n) is 2.88. The molecule has 0 spiro atoms. The van der Waals surface area contributed by atoms with Crippen molar-refractivity contribution >= 4 is 28.6 Å². The number of nitrogens with zero attached hydrogens (tertiary/aromatic N) is 2. The van der Waals surface area contributed by atoms with Crippen LogP contribution in [0.5, 0.6) is 0 Å². The highest BCUT2D eigenvalue weighted by Crippen LogP contribution is 2.27. The fraction of sp³-hybridized carbons (Fsp3) is 0.500. The van der Waals surface area contributed by atoms with Gasteiger partial charge in [-0.15, -0.1) is 11.3 Å². The van der Waals surface area contributed by atoms with Crippen molar-refractivity contribution in [1.29, 1.82) is 0 Å². The molecule has 5 heteroatoms. The van der Waals surface area contributed by atoms with E-state index in [-0.39, 0.29) is 5.91 Å². The minimum absolute atomic E-state index is 0.0691. The highest BCUT2D eigenvalue weighted by molar-refractivity contribution is 7.14. The monoisotopic (exact) mass is 320 g/mol. The summed E-state index contributed by atoms with van der Waals surface area (Å²) in [6.45, 7) is 0. The maximum absolute atomic E-state index is 12.6. The number of thiazole rings is 1. The summed E-state index contributed by atoms with van der Waals surface area (Å²) >= 11 is 3.21. The van der Waals surface area contributed by atoms with E-state index in [4.69, 9.17) is 0 Å². The van der Waals surface area contributed by atoms with Crippen molar-refractivity contribution in [3.8, 4) is 10.6 Å². The van der Waals surface area contributed by atoms with E-state index in [1.165, 1.54) is 25.7 Å². The maximum atomic E-state index is 12.6. The van der Waals surface area contributed by atoms with Crippen LogP contribution in [0.15, 0.2) is 22.2 Å². The number of hydrogen-bond donors (Lipinski definition) is 0. The highest BCUT2D eigenvalue weighted by atomic mass is 32.1. The number of rotatable bonds is 3. The van der Waals surface area contributed by atoms with Gasteiger partial charge in [0.15, 0.2) is 0 Å². The van der Waals surface area contributed by atoms with Crippen molar-refractivity contribution in [2.24, 2.45) is 0 Å². The van der Waals surface area contributed by atoms with Gasteiger partial charge in [0, 0.05) is 29.4 Å². The average Bonchev–Trinajstić information content (AvgIpc) is 3.12. The smallest absolute Gasteiger partial charge is 0.273 e. The van der Waals surface area contributed by atoms with E-state index in [2.05, 4.69) is 10.4 Å². The number of hydrogen-bond acceptors (Lipinski definition) is 4. The number of carbonyl (C=O) groups is 1. The van der Waals surface area contributed by atoms with E-state index in [1.54, 1.807) is 22.7 Å². The summed E-state index contributed by atoms with van der Waals surface area (Å²) in [5.74, 6) is 0.0691. The lowest BCUT2D eigenvalue weighted by Crippen LogP contribution is -2.36. The van der Waals surface area contributed by atoms with Crippen LogP contribution in [0.25, 0.3) is 10.6 Å². The third kappa shape index (κ3) is 3.35. The summed E-state index contributed by atoms with van der Waals surface area (Å²) in [5, 5.41) is 6.94. The summed E-state index contributed by atoms with van der Waals surface area (Å²) in [6.07, 6.45) is 7.33. The summed E-state index contributed by atoms with van der Waals surface area (Å²) < 4.78 is 0. The Morgan fingerprint density at radius 1 is 1.24 bits per heavy atom. The Bertz CT molecular complexity index is 583. The van der Waals surface area contributed by atoms with Crippen LogP contribution in [0, 0.1) is 0 Å². The zero-order valence-corrected chi connectivity index (χ0v) is 13.9. The topological polar surface area (TPSA) is 33.2 Å². The molecule has 1 fully saturated rings. The predicted molar refractivity (Wildman–Crippen MR) is 89.0 cm³/mol. The molecular formula is C16H20N2OS2. The van der Waals surface area contributed by atoms with Crippen LogP contribution in [0.3, 0.4) is 0 Å². The Balaban J connectivity index is 1.72. The quantitative estimate of drug-likeness (QED) is 0.770. The van der Waals surface area contributed by atoms with Crippen LogP contribution in [0.4, 0.5) is 0 Å². The largest absolute Gasteiger partial charge is 0.337 e. The first-order chi connectivity index (χ1) is 10.3. The van der Waals surface area contributed by atoms with Gasteiger partial charge in [0.1, 0.15) is 10.7 Å². The second kappa shape index (κ2) is 6.71. The van der Waals surface area contributed by atoms with Gasteiger partial charge in [0.05, 0.1) is 0 Å². The van der Waals surface area contributed by atoms with Gasteiger partial charge in [-0.2, -0.15) is 11.3 Å². The Kier molecular flexibility index (Phi) is 4.70. The lowest BCUT2D eigenvalue weighted by Gasteiger charge is -2.26. The Labute approximate surface area is 133 Å². The molecule has 1 aliphatic carbocycles. The Hall–Kier alpha value is -1.20. The molecule has 2 aromatic rings. The summed E-state index contributed by atoms with van der Waals surface area (Å²) in [4.78, 5) is 19.1. The number of thiophene rings is 1. The molecule has 0 radical (unpaired) electrons. The van der Waals surface area contributed by atoms with Crippen molar-refractivity contribution in [3.63, 3.8) is 0 Å². The van der Waals surface area contributed by atoms with E-state index in [1.807, 2.05) is 28.8 Å². The van der Waals surface area contributed by atoms with Crippen molar-refractivity contribution in [3.05, 3.63) is 27.9 Å². The zero-order chi connectivity index (χ0) is 14.7. The Morgan fingerprint density at radius 3 is 2.67 bits per heavy atom. The fourth-order valence-corrected chi connectivity index (χ4v) is 4.39. The number of carbonyl (C=O) groups excluding carboxylic acids is 1. The molecule has 2 heterocycles. The van der Waals surface area contributed by atoms with Crippen molar-refractivity contribution < 1.29 is 4.79 Å². The first-order valence-electron chi connectivity index (χ1n) is 7.51.